The summed E-state index contributed by atoms with van der Waals surface area (Å²) in [5.41, 5.74) is -2.66. The maximum atomic E-state index is 12.6. The number of pyridine rings is 3. The van der Waals surface area contributed by atoms with E-state index in [1.807, 2.05) is 5.92 Å². The average Bonchev–Trinajstić information content (AvgIpc) is 3.05. The third-order valence-corrected chi connectivity index (χ3v) is 6.76. The van der Waals surface area contributed by atoms with Crippen molar-refractivity contribution >= 4 is 64.9 Å². The van der Waals surface area contributed by atoms with Crippen LogP contribution in [-0.2, 0) is 50.2 Å². The molecule has 0 spiro atoms. The van der Waals surface area contributed by atoms with Crippen molar-refractivity contribution in [2.24, 2.45) is 0 Å². The maximum Gasteiger partial charge on any atom is 1.00 e. The van der Waals surface area contributed by atoms with Gasteiger partial charge in [-0.2, -0.15) is 59.1 Å². The molecule has 3 aromatic rings. The van der Waals surface area contributed by atoms with E-state index < -0.39 is 41.4 Å². The van der Waals surface area contributed by atoms with E-state index in [2.05, 4.69) is 91.3 Å². The van der Waals surface area contributed by atoms with Gasteiger partial charge in [-0.3, -0.25) is 24.5 Å². The summed E-state index contributed by atoms with van der Waals surface area (Å²) in [6, 6.07) is 6.59. The van der Waals surface area contributed by atoms with Crippen LogP contribution in [0.15, 0.2) is 69.4 Å². The number of ether oxygens (including phenoxy) is 2. The summed E-state index contributed by atoms with van der Waals surface area (Å²) in [6.45, 7) is 4.67. The summed E-state index contributed by atoms with van der Waals surface area (Å²) < 4.78 is 118. The first-order valence-corrected chi connectivity index (χ1v) is 16.3. The average molecular weight is 908 g/mol. The van der Waals surface area contributed by atoms with E-state index in [0.717, 1.165) is 30.4 Å². The van der Waals surface area contributed by atoms with Crippen LogP contribution in [0.2, 0.25) is 0 Å². The molecule has 54 heavy (non-hydrogen) atoms. The van der Waals surface area contributed by atoms with E-state index in [1.165, 1.54) is 50.7 Å². The largest absolute Gasteiger partial charge is 1.00 e. The summed E-state index contributed by atoms with van der Waals surface area (Å²) >= 11 is 11.9. The number of halogens is 10. The first-order chi connectivity index (χ1) is 24.1. The fraction of sp³-hybridized carbons (Fsp3) is 0.333. The van der Waals surface area contributed by atoms with Crippen LogP contribution in [0.1, 0.15) is 44.1 Å². The monoisotopic (exact) mass is 906 g/mol. The Hall–Kier alpha value is -2.85. The molecular formula is C33H35BrF9N3NaO4S3-. The Kier molecular flexibility index (Phi) is 37.5. The molecule has 0 bridgehead atoms. The molecule has 0 radical (unpaired) electrons. The number of hydrogen-bond acceptors (Lipinski definition) is 10. The second-order valence-corrected chi connectivity index (χ2v) is 11.1. The van der Waals surface area contributed by atoms with Crippen LogP contribution in [0, 0.1) is 31.6 Å². The van der Waals surface area contributed by atoms with E-state index in [-0.39, 0.29) is 69.4 Å². The van der Waals surface area contributed by atoms with Crippen molar-refractivity contribution in [3.63, 3.8) is 0 Å². The predicted molar refractivity (Wildman–Crippen MR) is 194 cm³/mol. The van der Waals surface area contributed by atoms with Crippen molar-refractivity contribution in [2.45, 2.75) is 55.5 Å². The Morgan fingerprint density at radius 2 is 1.33 bits per heavy atom. The molecule has 0 amide bonds. The molecular weight excluding hydrogens is 872 g/mol. The van der Waals surface area contributed by atoms with Gasteiger partial charge < -0.3 is 34.4 Å². The number of carbonyl (C=O) groups is 2. The summed E-state index contributed by atoms with van der Waals surface area (Å²) in [5.74, 6) is 4.40. The number of esters is 2. The molecule has 0 aliphatic rings. The fourth-order valence-corrected chi connectivity index (χ4v) is 4.34. The van der Waals surface area contributed by atoms with Crippen LogP contribution < -0.4 is 29.6 Å². The van der Waals surface area contributed by atoms with Gasteiger partial charge in [-0.15, -0.1) is 29.0 Å². The van der Waals surface area contributed by atoms with Crippen molar-refractivity contribution in [1.82, 2.24) is 15.0 Å². The number of aromatic nitrogens is 3. The van der Waals surface area contributed by atoms with Gasteiger partial charge in [-0.25, -0.2) is 0 Å². The third-order valence-electron chi connectivity index (χ3n) is 4.49. The Morgan fingerprint density at radius 1 is 0.889 bits per heavy atom. The molecule has 0 aromatic carbocycles. The molecule has 3 heterocycles. The van der Waals surface area contributed by atoms with E-state index in [1.54, 1.807) is 6.92 Å². The Bertz CT molecular complexity index is 1490. The van der Waals surface area contributed by atoms with Crippen molar-refractivity contribution in [1.29, 1.82) is 0 Å². The Labute approximate surface area is 355 Å². The molecule has 296 valence electrons. The number of carbonyl (C=O) groups excluding carboxylic acids is 2. The topological polar surface area (TPSA) is 91.3 Å². The second-order valence-electron chi connectivity index (χ2n) is 8.27. The predicted octanol–water partition coefficient (Wildman–Crippen LogP) is 6.84. The van der Waals surface area contributed by atoms with Crippen LogP contribution in [0.4, 0.5) is 39.5 Å². The first-order valence-electron chi connectivity index (χ1n) is 13.5. The van der Waals surface area contributed by atoms with Crippen molar-refractivity contribution in [3.8, 4) is 24.7 Å². The molecule has 7 nitrogen and oxygen atoms in total. The van der Waals surface area contributed by atoms with Gasteiger partial charge in [0.25, 0.3) is 0 Å². The number of methoxy groups -OCH3 is 2. The number of hydrogen-bond donors (Lipinski definition) is 1. The van der Waals surface area contributed by atoms with Gasteiger partial charge in [0, 0.05) is 45.7 Å². The van der Waals surface area contributed by atoms with Crippen LogP contribution in [0.5, 0.6) is 0 Å². The standard InChI is InChI=1S/C10H10F3NO2S.C6H3BrF3N.C6H4F3NS.C4H8O2S.C3H4.C3H3.CH4.Na/c1-16-9(15)3-5-17-8-2-4-14-6-7(8)10(11,12)13;7-4-2-1-3-11-5(4)6(8,9)10;7-6(8,9)5-4(11)2-1-3-10-5;1-6-4(5)2-3-7;2*1-3-2;;/h2,4,6H,3,5H2,1H3;1-3H;1-3,11H;7H,2-3H2,1H3;1H,2H3;1H,2H2;1H4;/q;;;;;-1;;+1/p-1. The van der Waals surface area contributed by atoms with Crippen molar-refractivity contribution in [2.75, 3.05) is 25.7 Å². The van der Waals surface area contributed by atoms with Gasteiger partial charge in [0.15, 0.2) is 5.69 Å². The molecule has 21 heteroatoms. The minimum absolute atomic E-state index is 0. The zero-order valence-electron chi connectivity index (χ0n) is 28.4. The van der Waals surface area contributed by atoms with Crippen molar-refractivity contribution < 1.29 is 88.1 Å². The molecule has 3 rings (SSSR count). The van der Waals surface area contributed by atoms with Gasteiger partial charge in [0.1, 0.15) is 5.69 Å². The minimum atomic E-state index is -4.43. The minimum Gasteiger partial charge on any atom is -0.778 e. The summed E-state index contributed by atoms with van der Waals surface area (Å²) in [4.78, 5) is 30.5. The second kappa shape index (κ2) is 33.5. The number of rotatable bonds is 6. The maximum absolute atomic E-state index is 12.6. The summed E-state index contributed by atoms with van der Waals surface area (Å²) in [6.07, 6.45) is 0.559. The number of alkyl halides is 9. The molecule has 0 saturated heterocycles. The van der Waals surface area contributed by atoms with E-state index in [0.29, 0.717) is 12.2 Å². The number of thiol groups is 1. The smallest absolute Gasteiger partial charge is 0.778 e. The third kappa shape index (κ3) is 30.5. The van der Waals surface area contributed by atoms with Gasteiger partial charge >= 0.3 is 60.0 Å². The van der Waals surface area contributed by atoms with Crippen molar-refractivity contribution in [3.05, 3.63) is 83.5 Å². The molecule has 0 saturated carbocycles. The molecule has 0 atom stereocenters. The van der Waals surface area contributed by atoms with Crippen LogP contribution >= 0.6 is 40.3 Å². The van der Waals surface area contributed by atoms with E-state index in [9.17, 15) is 49.1 Å². The molecule has 0 aliphatic heterocycles. The molecule has 0 unspecified atom stereocenters. The zero-order chi connectivity index (χ0) is 41.0. The Balaban J connectivity index is -0.000000192. The number of thioether (sulfide) groups is 1. The fourth-order valence-electron chi connectivity index (χ4n) is 2.46. The molecule has 0 aliphatic carbocycles. The normalized spacial score (nSPS) is 9.63. The SMILES string of the molecule is C.C#CC.C#C[CH2-].COC(=O)CCS.COC(=O)CCSc1ccncc1C(F)(F)F.FC(F)(F)c1ncccc1Br.FC(F)(F)c1ncccc1[S-].[Na+]. The van der Waals surface area contributed by atoms with Gasteiger partial charge in [-0.1, -0.05) is 13.5 Å². The van der Waals surface area contributed by atoms with E-state index in [4.69, 9.17) is 0 Å². The molecule has 0 N–H and O–H groups in total. The number of terminal acetylenes is 2. The summed E-state index contributed by atoms with van der Waals surface area (Å²) in [7, 11) is 2.60. The summed E-state index contributed by atoms with van der Waals surface area (Å²) in [5, 5.41) is 0. The first kappa shape index (κ1) is 60.4. The van der Waals surface area contributed by atoms with Crippen LogP contribution in [-0.4, -0.2) is 52.6 Å². The van der Waals surface area contributed by atoms with Gasteiger partial charge in [0.2, 0.25) is 0 Å². The van der Waals surface area contributed by atoms with E-state index >= 15 is 0 Å². The Morgan fingerprint density at radius 3 is 1.67 bits per heavy atom. The van der Waals surface area contributed by atoms with Crippen LogP contribution in [0.3, 0.4) is 0 Å². The quantitative estimate of drug-likeness (QED) is 0.0418. The van der Waals surface area contributed by atoms with Gasteiger partial charge in [0.05, 0.1) is 32.6 Å². The number of nitrogens with zero attached hydrogens (tertiary/aromatic N) is 3. The molecule has 3 aromatic heterocycles. The van der Waals surface area contributed by atoms with Crippen LogP contribution in [0.25, 0.3) is 0 Å². The van der Waals surface area contributed by atoms with Gasteiger partial charge in [-0.05, 0) is 47.1 Å². The zero-order valence-corrected chi connectivity index (χ0v) is 34.5. The molecule has 0 fully saturated rings.